The molecule has 0 radical (unpaired) electrons. The minimum absolute atomic E-state index is 0.0523. The van der Waals surface area contributed by atoms with Crippen LogP contribution in [0.4, 0.5) is 4.39 Å². The van der Waals surface area contributed by atoms with Gasteiger partial charge in [-0.3, -0.25) is 0 Å². The number of nitrogens with two attached hydrogens (primary N) is 1. The molecule has 1 aromatic rings. The van der Waals surface area contributed by atoms with Crippen LogP contribution in [-0.2, 0) is 5.41 Å². The van der Waals surface area contributed by atoms with Gasteiger partial charge in [0.25, 0.3) is 0 Å². The van der Waals surface area contributed by atoms with E-state index < -0.39 is 0 Å². The molecule has 2 N–H and O–H groups in total. The molecular weight excluding hydrogens is 257 g/mol. The summed E-state index contributed by atoms with van der Waals surface area (Å²) in [4.78, 5) is 0. The highest BCUT2D eigenvalue weighted by Gasteiger charge is 2.64. The summed E-state index contributed by atoms with van der Waals surface area (Å²) in [7, 11) is 0. The Labute approximate surface area is 97.0 Å². The van der Waals surface area contributed by atoms with Crippen molar-refractivity contribution in [3.63, 3.8) is 0 Å². The molecule has 2 aliphatic carbocycles. The zero-order chi connectivity index (χ0) is 10.7. The fraction of sp³-hybridized carbons (Fsp3) is 0.500. The minimum atomic E-state index is -0.163. The highest BCUT2D eigenvalue weighted by Crippen LogP contribution is 2.64. The summed E-state index contributed by atoms with van der Waals surface area (Å²) in [6, 6.07) is 4.92. The minimum Gasteiger partial charge on any atom is -0.324 e. The number of hydrogen-bond donors (Lipinski definition) is 1. The molecule has 3 heteroatoms. The molecule has 1 nitrogen and oxygen atoms in total. The highest BCUT2D eigenvalue weighted by atomic mass is 79.9. The third kappa shape index (κ3) is 1.29. The van der Waals surface area contributed by atoms with Crippen molar-refractivity contribution in [2.75, 3.05) is 0 Å². The predicted octanol–water partition coefficient (Wildman–Crippen LogP) is 3.11. The van der Waals surface area contributed by atoms with Gasteiger partial charge in [-0.2, -0.15) is 0 Å². The second kappa shape index (κ2) is 2.83. The topological polar surface area (TPSA) is 26.0 Å². The van der Waals surface area contributed by atoms with Gasteiger partial charge in [0.05, 0.1) is 0 Å². The summed E-state index contributed by atoms with van der Waals surface area (Å²) in [6.07, 6.45) is 4.36. The van der Waals surface area contributed by atoms with E-state index >= 15 is 0 Å². The normalized spacial score (nSPS) is 25.0. The van der Waals surface area contributed by atoms with Gasteiger partial charge >= 0.3 is 0 Å². The van der Waals surface area contributed by atoms with Crippen molar-refractivity contribution in [3.8, 4) is 0 Å². The van der Waals surface area contributed by atoms with Crippen LogP contribution in [-0.4, -0.2) is 5.54 Å². The Morgan fingerprint density at radius 2 is 1.87 bits per heavy atom. The Balaban J connectivity index is 2.09. The van der Waals surface area contributed by atoms with E-state index in [1.54, 1.807) is 12.1 Å². The van der Waals surface area contributed by atoms with E-state index in [-0.39, 0.29) is 16.8 Å². The summed E-state index contributed by atoms with van der Waals surface area (Å²) in [6.45, 7) is 0. The predicted molar refractivity (Wildman–Crippen MR) is 61.2 cm³/mol. The molecule has 2 saturated carbocycles. The molecule has 2 fully saturated rings. The van der Waals surface area contributed by atoms with Gasteiger partial charge in [-0.25, -0.2) is 4.39 Å². The monoisotopic (exact) mass is 269 g/mol. The summed E-state index contributed by atoms with van der Waals surface area (Å²) in [5, 5.41) is 0. The molecule has 2 aliphatic rings. The molecule has 0 atom stereocenters. The quantitative estimate of drug-likeness (QED) is 0.878. The maximum Gasteiger partial charge on any atom is 0.123 e. The molecular formula is C12H13BrFN. The first-order valence-corrected chi connectivity index (χ1v) is 6.11. The molecule has 0 saturated heterocycles. The van der Waals surface area contributed by atoms with Crippen LogP contribution in [0.2, 0.25) is 0 Å². The van der Waals surface area contributed by atoms with Crippen molar-refractivity contribution >= 4 is 15.9 Å². The standard InChI is InChI=1S/C12H13BrFN/c13-10-2-1-8(14)7-9(10)11(3-4-11)12(15)5-6-12/h1-2,7H,3-6,15H2. The molecule has 0 heterocycles. The van der Waals surface area contributed by atoms with Crippen LogP contribution in [0.25, 0.3) is 0 Å². The first-order valence-electron chi connectivity index (χ1n) is 5.32. The zero-order valence-electron chi connectivity index (χ0n) is 8.39. The van der Waals surface area contributed by atoms with Crippen molar-refractivity contribution in [1.82, 2.24) is 0 Å². The van der Waals surface area contributed by atoms with Gasteiger partial charge in [-0.15, -0.1) is 0 Å². The average molecular weight is 270 g/mol. The van der Waals surface area contributed by atoms with Crippen LogP contribution in [0, 0.1) is 5.82 Å². The van der Waals surface area contributed by atoms with Crippen molar-refractivity contribution in [1.29, 1.82) is 0 Å². The number of benzene rings is 1. The van der Waals surface area contributed by atoms with E-state index in [2.05, 4.69) is 15.9 Å². The van der Waals surface area contributed by atoms with Crippen LogP contribution in [0.3, 0.4) is 0 Å². The second-order valence-corrected chi connectivity index (χ2v) is 5.72. The van der Waals surface area contributed by atoms with E-state index in [4.69, 9.17) is 5.73 Å². The molecule has 3 rings (SSSR count). The zero-order valence-corrected chi connectivity index (χ0v) is 9.98. The largest absolute Gasteiger partial charge is 0.324 e. The third-order valence-electron chi connectivity index (χ3n) is 3.94. The van der Waals surface area contributed by atoms with E-state index in [0.29, 0.717) is 0 Å². The SMILES string of the molecule is NC1(C2(c3cc(F)ccc3Br)CC2)CC1. The van der Waals surface area contributed by atoms with Gasteiger partial charge in [0.15, 0.2) is 0 Å². The van der Waals surface area contributed by atoms with Gasteiger partial charge < -0.3 is 5.73 Å². The Bertz CT molecular complexity index is 422. The first kappa shape index (κ1) is 9.79. The van der Waals surface area contributed by atoms with Gasteiger partial charge in [0, 0.05) is 15.4 Å². The maximum atomic E-state index is 13.3. The van der Waals surface area contributed by atoms with Crippen LogP contribution < -0.4 is 5.73 Å². The van der Waals surface area contributed by atoms with Gasteiger partial charge in [-0.1, -0.05) is 15.9 Å². The second-order valence-electron chi connectivity index (χ2n) is 4.86. The Morgan fingerprint density at radius 1 is 1.20 bits per heavy atom. The molecule has 15 heavy (non-hydrogen) atoms. The van der Waals surface area contributed by atoms with Crippen molar-refractivity contribution in [2.45, 2.75) is 36.6 Å². The lowest BCUT2D eigenvalue weighted by Crippen LogP contribution is -2.37. The molecule has 1 aromatic carbocycles. The first-order chi connectivity index (χ1) is 7.07. The fourth-order valence-corrected chi connectivity index (χ4v) is 3.26. The Morgan fingerprint density at radius 3 is 2.40 bits per heavy atom. The fourth-order valence-electron chi connectivity index (χ4n) is 2.64. The number of halogens is 2. The van der Waals surface area contributed by atoms with Crippen molar-refractivity contribution in [3.05, 3.63) is 34.1 Å². The lowest BCUT2D eigenvalue weighted by atomic mass is 9.86. The molecule has 0 unspecified atom stereocenters. The summed E-state index contributed by atoms with van der Waals surface area (Å²) in [5.41, 5.74) is 7.38. The summed E-state index contributed by atoms with van der Waals surface area (Å²) < 4.78 is 14.3. The summed E-state index contributed by atoms with van der Waals surface area (Å²) >= 11 is 3.50. The lowest BCUT2D eigenvalue weighted by molar-refractivity contribution is 0.497. The van der Waals surface area contributed by atoms with E-state index in [1.807, 2.05) is 0 Å². The smallest absolute Gasteiger partial charge is 0.123 e. The van der Waals surface area contributed by atoms with E-state index in [1.165, 1.54) is 6.07 Å². The van der Waals surface area contributed by atoms with E-state index in [9.17, 15) is 4.39 Å². The molecule has 0 bridgehead atoms. The Hall–Kier alpha value is -0.410. The molecule has 0 aromatic heterocycles. The Kier molecular flexibility index (Phi) is 1.85. The molecule has 0 spiro atoms. The van der Waals surface area contributed by atoms with Gasteiger partial charge in [-0.05, 0) is 49.4 Å². The number of hydrogen-bond acceptors (Lipinski definition) is 1. The number of rotatable bonds is 2. The van der Waals surface area contributed by atoms with Crippen LogP contribution in [0.15, 0.2) is 22.7 Å². The van der Waals surface area contributed by atoms with Crippen molar-refractivity contribution < 1.29 is 4.39 Å². The maximum absolute atomic E-state index is 13.3. The van der Waals surface area contributed by atoms with E-state index in [0.717, 1.165) is 35.7 Å². The van der Waals surface area contributed by atoms with Crippen molar-refractivity contribution in [2.24, 2.45) is 5.73 Å². The average Bonchev–Trinajstić information content (AvgIpc) is 3.05. The third-order valence-corrected chi connectivity index (χ3v) is 4.63. The summed E-state index contributed by atoms with van der Waals surface area (Å²) in [5.74, 6) is -0.163. The van der Waals surface area contributed by atoms with Crippen LogP contribution in [0.5, 0.6) is 0 Å². The molecule has 0 amide bonds. The molecule has 80 valence electrons. The van der Waals surface area contributed by atoms with Crippen LogP contribution >= 0.6 is 15.9 Å². The van der Waals surface area contributed by atoms with Crippen LogP contribution in [0.1, 0.15) is 31.2 Å². The highest BCUT2D eigenvalue weighted by molar-refractivity contribution is 9.10. The lowest BCUT2D eigenvalue weighted by Gasteiger charge is -2.24. The van der Waals surface area contributed by atoms with Gasteiger partial charge in [0.2, 0.25) is 0 Å². The molecule has 0 aliphatic heterocycles. The van der Waals surface area contributed by atoms with Gasteiger partial charge in [0.1, 0.15) is 5.82 Å².